The molecule has 0 spiro atoms. The van der Waals surface area contributed by atoms with Crippen LogP contribution in [0.15, 0.2) is 53.4 Å². The maximum atomic E-state index is 13.2. The third-order valence-electron chi connectivity index (χ3n) is 5.62. The molecule has 0 aliphatic carbocycles. The number of benzene rings is 2. The molecule has 1 aliphatic heterocycles. The standard InChI is InChI=1S/C22H26N4O3S/c1-16(21-24-18-11-5-6-12-19(18)25(21)2)23-22(27)17-10-4-7-13-20(17)30(28,29)26-14-8-3-9-15-26/h4-7,10-13,16H,3,8-9,14-15H2,1-2H3,(H,23,27). The number of rotatable bonds is 5. The molecule has 2 aromatic carbocycles. The topological polar surface area (TPSA) is 84.3 Å². The molecule has 1 unspecified atom stereocenters. The average molecular weight is 427 g/mol. The fourth-order valence-corrected chi connectivity index (χ4v) is 5.72. The third-order valence-corrected chi connectivity index (χ3v) is 7.58. The maximum absolute atomic E-state index is 13.2. The predicted molar refractivity (Wildman–Crippen MR) is 116 cm³/mol. The number of para-hydroxylation sites is 2. The molecule has 3 aromatic rings. The first-order chi connectivity index (χ1) is 14.4. The van der Waals surface area contributed by atoms with Crippen molar-refractivity contribution < 1.29 is 13.2 Å². The van der Waals surface area contributed by atoms with Crippen molar-refractivity contribution in [3.8, 4) is 0 Å². The van der Waals surface area contributed by atoms with Crippen molar-refractivity contribution in [3.63, 3.8) is 0 Å². The van der Waals surface area contributed by atoms with Gasteiger partial charge in [0.25, 0.3) is 5.91 Å². The van der Waals surface area contributed by atoms with E-state index >= 15 is 0 Å². The minimum absolute atomic E-state index is 0.0570. The number of carbonyl (C=O) groups is 1. The minimum atomic E-state index is -3.72. The molecule has 0 bridgehead atoms. The van der Waals surface area contributed by atoms with Gasteiger partial charge in [-0.2, -0.15) is 4.31 Å². The zero-order valence-electron chi connectivity index (χ0n) is 17.2. The van der Waals surface area contributed by atoms with Crippen molar-refractivity contribution in [2.75, 3.05) is 13.1 Å². The molecular formula is C22H26N4O3S. The van der Waals surface area contributed by atoms with E-state index in [-0.39, 0.29) is 16.5 Å². The number of sulfonamides is 1. The molecule has 1 aromatic heterocycles. The summed E-state index contributed by atoms with van der Waals surface area (Å²) in [6.45, 7) is 2.84. The van der Waals surface area contributed by atoms with E-state index in [0.717, 1.165) is 30.3 Å². The second-order valence-corrected chi connectivity index (χ2v) is 9.58. The molecule has 1 fully saturated rings. The highest BCUT2D eigenvalue weighted by atomic mass is 32.2. The normalized spacial score (nSPS) is 16.5. The summed E-state index contributed by atoms with van der Waals surface area (Å²) in [5, 5.41) is 2.92. The lowest BCUT2D eigenvalue weighted by Crippen LogP contribution is -2.37. The molecule has 7 nitrogen and oxygen atoms in total. The van der Waals surface area contributed by atoms with Crippen LogP contribution in [-0.4, -0.2) is 41.3 Å². The lowest BCUT2D eigenvalue weighted by molar-refractivity contribution is 0.0934. The van der Waals surface area contributed by atoms with Crippen LogP contribution in [0.3, 0.4) is 0 Å². The van der Waals surface area contributed by atoms with Crippen molar-refractivity contribution in [1.82, 2.24) is 19.2 Å². The molecule has 0 radical (unpaired) electrons. The summed E-state index contributed by atoms with van der Waals surface area (Å²) < 4.78 is 29.8. The first-order valence-corrected chi connectivity index (χ1v) is 11.6. The molecular weight excluding hydrogens is 400 g/mol. The van der Waals surface area contributed by atoms with Crippen LogP contribution in [0.2, 0.25) is 0 Å². The Morgan fingerprint density at radius 1 is 1.03 bits per heavy atom. The Balaban J connectivity index is 1.61. The zero-order chi connectivity index (χ0) is 21.3. The Labute approximate surface area is 176 Å². The monoisotopic (exact) mass is 426 g/mol. The molecule has 4 rings (SSSR count). The number of aromatic nitrogens is 2. The molecule has 30 heavy (non-hydrogen) atoms. The maximum Gasteiger partial charge on any atom is 0.253 e. The summed E-state index contributed by atoms with van der Waals surface area (Å²) >= 11 is 0. The summed E-state index contributed by atoms with van der Waals surface area (Å²) in [6, 6.07) is 13.8. The van der Waals surface area contributed by atoms with Crippen molar-refractivity contribution >= 4 is 27.0 Å². The molecule has 1 saturated heterocycles. The average Bonchev–Trinajstić information content (AvgIpc) is 3.11. The summed E-state index contributed by atoms with van der Waals surface area (Å²) in [5.74, 6) is 0.284. The SMILES string of the molecule is CC(NC(=O)c1ccccc1S(=O)(=O)N1CCCCC1)c1nc2ccccc2n1C. The summed E-state index contributed by atoms with van der Waals surface area (Å²) in [6.07, 6.45) is 2.72. The van der Waals surface area contributed by atoms with Gasteiger partial charge in [0.05, 0.1) is 27.5 Å². The van der Waals surface area contributed by atoms with E-state index in [1.54, 1.807) is 18.2 Å². The highest BCUT2D eigenvalue weighted by Gasteiger charge is 2.30. The third kappa shape index (κ3) is 3.73. The smallest absolute Gasteiger partial charge is 0.253 e. The van der Waals surface area contributed by atoms with Gasteiger partial charge in [-0.15, -0.1) is 0 Å². The predicted octanol–water partition coefficient (Wildman–Crippen LogP) is 3.24. The minimum Gasteiger partial charge on any atom is -0.342 e. The number of hydrogen-bond donors (Lipinski definition) is 1. The van der Waals surface area contributed by atoms with E-state index in [1.165, 1.54) is 10.4 Å². The van der Waals surface area contributed by atoms with Gasteiger partial charge < -0.3 is 9.88 Å². The fraction of sp³-hybridized carbons (Fsp3) is 0.364. The van der Waals surface area contributed by atoms with Crippen LogP contribution in [0.1, 0.15) is 48.4 Å². The lowest BCUT2D eigenvalue weighted by atomic mass is 10.2. The van der Waals surface area contributed by atoms with Gasteiger partial charge >= 0.3 is 0 Å². The van der Waals surface area contributed by atoms with Gasteiger partial charge in [0, 0.05) is 20.1 Å². The largest absolute Gasteiger partial charge is 0.342 e. The lowest BCUT2D eigenvalue weighted by Gasteiger charge is -2.26. The Morgan fingerprint density at radius 3 is 2.43 bits per heavy atom. The number of fused-ring (bicyclic) bond motifs is 1. The Morgan fingerprint density at radius 2 is 1.70 bits per heavy atom. The number of nitrogens with zero attached hydrogens (tertiary/aromatic N) is 3. The van der Waals surface area contributed by atoms with E-state index in [0.29, 0.717) is 18.9 Å². The summed E-state index contributed by atoms with van der Waals surface area (Å²) in [4.78, 5) is 17.8. The number of carbonyl (C=O) groups excluding carboxylic acids is 1. The molecule has 1 amide bonds. The van der Waals surface area contributed by atoms with Crippen LogP contribution in [-0.2, 0) is 17.1 Å². The second-order valence-electron chi connectivity index (χ2n) is 7.67. The molecule has 1 atom stereocenters. The van der Waals surface area contributed by atoms with Gasteiger partial charge in [-0.3, -0.25) is 4.79 Å². The van der Waals surface area contributed by atoms with Crippen LogP contribution in [0.25, 0.3) is 11.0 Å². The van der Waals surface area contributed by atoms with Gasteiger partial charge in [0.15, 0.2) is 0 Å². The highest BCUT2D eigenvalue weighted by Crippen LogP contribution is 2.25. The first-order valence-electron chi connectivity index (χ1n) is 10.2. The number of amides is 1. The molecule has 158 valence electrons. The van der Waals surface area contributed by atoms with E-state index in [1.807, 2.05) is 42.8 Å². The molecule has 0 saturated carbocycles. The first kappa shape index (κ1) is 20.6. The van der Waals surface area contributed by atoms with Crippen LogP contribution in [0.5, 0.6) is 0 Å². The van der Waals surface area contributed by atoms with Crippen molar-refractivity contribution in [2.24, 2.45) is 7.05 Å². The summed E-state index contributed by atoms with van der Waals surface area (Å²) in [7, 11) is -1.81. The van der Waals surface area contributed by atoms with Crippen molar-refractivity contribution in [3.05, 3.63) is 59.9 Å². The van der Waals surface area contributed by atoms with Crippen molar-refractivity contribution in [2.45, 2.75) is 37.1 Å². The van der Waals surface area contributed by atoms with Crippen LogP contribution < -0.4 is 5.32 Å². The fourth-order valence-electron chi connectivity index (χ4n) is 4.01. The van der Waals surface area contributed by atoms with Crippen molar-refractivity contribution in [1.29, 1.82) is 0 Å². The Hall–Kier alpha value is -2.71. The van der Waals surface area contributed by atoms with Gasteiger partial charge in [-0.05, 0) is 44.0 Å². The van der Waals surface area contributed by atoms with Gasteiger partial charge in [0.1, 0.15) is 5.82 Å². The van der Waals surface area contributed by atoms with Crippen LogP contribution >= 0.6 is 0 Å². The quantitative estimate of drug-likeness (QED) is 0.679. The van der Waals surface area contributed by atoms with Crippen LogP contribution in [0.4, 0.5) is 0 Å². The Kier molecular flexibility index (Phi) is 5.62. The zero-order valence-corrected chi connectivity index (χ0v) is 18.0. The number of aryl methyl sites for hydroxylation is 1. The molecule has 2 heterocycles. The van der Waals surface area contributed by atoms with E-state index in [9.17, 15) is 13.2 Å². The van der Waals surface area contributed by atoms with Gasteiger partial charge in [-0.1, -0.05) is 30.7 Å². The number of imidazole rings is 1. The van der Waals surface area contributed by atoms with Gasteiger partial charge in [-0.25, -0.2) is 13.4 Å². The second kappa shape index (κ2) is 8.20. The van der Waals surface area contributed by atoms with E-state index < -0.39 is 15.9 Å². The molecule has 1 N–H and O–H groups in total. The Bertz CT molecular complexity index is 1180. The number of piperidine rings is 1. The van der Waals surface area contributed by atoms with Gasteiger partial charge in [0.2, 0.25) is 10.0 Å². The summed E-state index contributed by atoms with van der Waals surface area (Å²) in [5.41, 5.74) is 1.99. The number of nitrogens with one attached hydrogen (secondary N) is 1. The van der Waals surface area contributed by atoms with E-state index in [4.69, 9.17) is 0 Å². The highest BCUT2D eigenvalue weighted by molar-refractivity contribution is 7.89. The number of hydrogen-bond acceptors (Lipinski definition) is 4. The van der Waals surface area contributed by atoms with Crippen LogP contribution in [0, 0.1) is 0 Å². The van der Waals surface area contributed by atoms with E-state index in [2.05, 4.69) is 10.3 Å². The molecule has 1 aliphatic rings. The molecule has 8 heteroatoms.